The molecule has 2 rings (SSSR count). The van der Waals surface area contributed by atoms with Gasteiger partial charge in [-0.05, 0) is 26.7 Å². The normalized spacial score (nSPS) is 17.7. The molecule has 2 N–H and O–H groups in total. The first-order valence-electron chi connectivity index (χ1n) is 5.94. The number of amides is 1. The summed E-state index contributed by atoms with van der Waals surface area (Å²) in [4.78, 5) is 28.4. The maximum Gasteiger partial charge on any atom is 0.329 e. The largest absolute Gasteiger partial charge is 0.480 e. The topological polar surface area (TPSA) is 79.3 Å². The molecule has 1 amide bonds. The second-order valence-electron chi connectivity index (χ2n) is 4.69. The molecule has 0 aliphatic heterocycles. The van der Waals surface area contributed by atoms with Crippen LogP contribution in [-0.4, -0.2) is 27.5 Å². The molecule has 6 heteroatoms. The van der Waals surface area contributed by atoms with Gasteiger partial charge in [-0.25, -0.2) is 9.78 Å². The van der Waals surface area contributed by atoms with Gasteiger partial charge in [0.05, 0.1) is 5.01 Å². The van der Waals surface area contributed by atoms with E-state index in [1.54, 1.807) is 0 Å². The van der Waals surface area contributed by atoms with E-state index in [1.165, 1.54) is 11.3 Å². The van der Waals surface area contributed by atoms with Gasteiger partial charge in [-0.2, -0.15) is 0 Å². The average Bonchev–Trinajstić information content (AvgIpc) is 2.86. The van der Waals surface area contributed by atoms with Crippen LogP contribution in [0.25, 0.3) is 0 Å². The fourth-order valence-electron chi connectivity index (χ4n) is 2.39. The molecule has 18 heavy (non-hydrogen) atoms. The van der Waals surface area contributed by atoms with Crippen molar-refractivity contribution in [3.05, 3.63) is 15.6 Å². The Bertz CT molecular complexity index is 490. The molecule has 0 atom stereocenters. The number of carboxylic acid groups (broad SMARTS) is 1. The second kappa shape index (κ2) is 4.68. The lowest BCUT2D eigenvalue weighted by Crippen LogP contribution is -2.52. The van der Waals surface area contributed by atoms with E-state index in [9.17, 15) is 14.7 Å². The van der Waals surface area contributed by atoms with Crippen molar-refractivity contribution in [3.63, 3.8) is 0 Å². The Morgan fingerprint density at radius 2 is 1.94 bits per heavy atom. The zero-order chi connectivity index (χ0) is 13.3. The van der Waals surface area contributed by atoms with Gasteiger partial charge in [-0.3, -0.25) is 4.79 Å². The first-order chi connectivity index (χ1) is 8.44. The number of aromatic nitrogens is 1. The lowest BCUT2D eigenvalue weighted by atomic mass is 9.97. The summed E-state index contributed by atoms with van der Waals surface area (Å²) in [6.45, 7) is 3.65. The molecule has 5 nitrogen and oxygen atoms in total. The van der Waals surface area contributed by atoms with Crippen molar-refractivity contribution in [2.24, 2.45) is 0 Å². The molecule has 1 aliphatic carbocycles. The van der Waals surface area contributed by atoms with Gasteiger partial charge in [-0.15, -0.1) is 11.3 Å². The molecule has 0 radical (unpaired) electrons. The van der Waals surface area contributed by atoms with Crippen LogP contribution in [0.4, 0.5) is 0 Å². The van der Waals surface area contributed by atoms with Crippen molar-refractivity contribution < 1.29 is 14.7 Å². The molecule has 0 aromatic carbocycles. The SMILES string of the molecule is Cc1nc(C(=O)NC2(C(=O)O)CCCC2)c(C)s1. The molecule has 1 aliphatic rings. The maximum atomic E-state index is 12.1. The number of nitrogens with one attached hydrogen (secondary N) is 1. The smallest absolute Gasteiger partial charge is 0.329 e. The van der Waals surface area contributed by atoms with E-state index in [2.05, 4.69) is 10.3 Å². The fourth-order valence-corrected chi connectivity index (χ4v) is 3.20. The lowest BCUT2D eigenvalue weighted by molar-refractivity contribution is -0.144. The minimum atomic E-state index is -1.10. The van der Waals surface area contributed by atoms with E-state index >= 15 is 0 Å². The van der Waals surface area contributed by atoms with E-state index in [0.29, 0.717) is 18.5 Å². The number of carbonyl (C=O) groups is 2. The number of thiazole rings is 1. The van der Waals surface area contributed by atoms with Gasteiger partial charge in [0.2, 0.25) is 0 Å². The van der Waals surface area contributed by atoms with Gasteiger partial charge in [-0.1, -0.05) is 12.8 Å². The zero-order valence-corrected chi connectivity index (χ0v) is 11.3. The predicted molar refractivity (Wildman–Crippen MR) is 67.9 cm³/mol. The number of nitrogens with zero attached hydrogens (tertiary/aromatic N) is 1. The van der Waals surface area contributed by atoms with Gasteiger partial charge in [0.25, 0.3) is 5.91 Å². The van der Waals surface area contributed by atoms with Crippen LogP contribution in [0.2, 0.25) is 0 Å². The van der Waals surface area contributed by atoms with Crippen LogP contribution < -0.4 is 5.32 Å². The summed E-state index contributed by atoms with van der Waals surface area (Å²) in [5.74, 6) is -1.32. The molecule has 1 saturated carbocycles. The van der Waals surface area contributed by atoms with Crippen LogP contribution >= 0.6 is 11.3 Å². The van der Waals surface area contributed by atoms with Crippen LogP contribution in [0.15, 0.2) is 0 Å². The summed E-state index contributed by atoms with van der Waals surface area (Å²) in [7, 11) is 0. The molecule has 0 spiro atoms. The molecule has 1 aromatic rings. The van der Waals surface area contributed by atoms with Crippen molar-refractivity contribution in [1.29, 1.82) is 0 Å². The second-order valence-corrected chi connectivity index (χ2v) is 6.09. The van der Waals surface area contributed by atoms with Crippen molar-refractivity contribution >= 4 is 23.2 Å². The third-order valence-corrected chi connectivity index (χ3v) is 4.22. The lowest BCUT2D eigenvalue weighted by Gasteiger charge is -2.24. The number of carbonyl (C=O) groups excluding carboxylic acids is 1. The fraction of sp³-hybridized carbons (Fsp3) is 0.583. The third-order valence-electron chi connectivity index (χ3n) is 3.34. The Hall–Kier alpha value is -1.43. The minimum absolute atomic E-state index is 0.352. The Balaban J connectivity index is 2.20. The summed E-state index contributed by atoms with van der Waals surface area (Å²) in [6.07, 6.45) is 2.66. The number of aryl methyl sites for hydroxylation is 2. The minimum Gasteiger partial charge on any atom is -0.480 e. The number of hydrogen-bond donors (Lipinski definition) is 2. The van der Waals surface area contributed by atoms with Crippen molar-refractivity contribution in [1.82, 2.24) is 10.3 Å². The number of carboxylic acids is 1. The number of rotatable bonds is 3. The number of hydrogen-bond acceptors (Lipinski definition) is 4. The predicted octanol–water partition coefficient (Wildman–Crippen LogP) is 1.89. The molecule has 1 aromatic heterocycles. The summed E-state index contributed by atoms with van der Waals surface area (Å²) < 4.78 is 0. The summed E-state index contributed by atoms with van der Waals surface area (Å²) in [6, 6.07) is 0. The van der Waals surface area contributed by atoms with Gasteiger partial charge >= 0.3 is 5.97 Å². The third kappa shape index (κ3) is 2.25. The zero-order valence-electron chi connectivity index (χ0n) is 10.4. The Labute approximate surface area is 109 Å². The van der Waals surface area contributed by atoms with Crippen LogP contribution in [-0.2, 0) is 4.79 Å². The molecule has 1 heterocycles. The maximum absolute atomic E-state index is 12.1. The van der Waals surface area contributed by atoms with Crippen LogP contribution in [0.1, 0.15) is 46.1 Å². The Morgan fingerprint density at radius 3 is 2.39 bits per heavy atom. The highest BCUT2D eigenvalue weighted by Crippen LogP contribution is 2.30. The molecule has 0 unspecified atom stereocenters. The van der Waals surface area contributed by atoms with E-state index in [0.717, 1.165) is 22.7 Å². The molecule has 1 fully saturated rings. The van der Waals surface area contributed by atoms with E-state index < -0.39 is 11.5 Å². The molecular formula is C12H16N2O3S. The standard InChI is InChI=1S/C12H16N2O3S/c1-7-9(13-8(2)18-7)10(15)14-12(11(16)17)5-3-4-6-12/h3-6H2,1-2H3,(H,14,15)(H,16,17). The van der Waals surface area contributed by atoms with Gasteiger partial charge in [0.1, 0.15) is 11.2 Å². The van der Waals surface area contributed by atoms with Gasteiger partial charge in [0, 0.05) is 4.88 Å². The van der Waals surface area contributed by atoms with E-state index in [1.807, 2.05) is 13.8 Å². The van der Waals surface area contributed by atoms with Crippen molar-refractivity contribution in [2.45, 2.75) is 45.1 Å². The summed E-state index contributed by atoms with van der Waals surface area (Å²) in [5, 5.41) is 12.8. The van der Waals surface area contributed by atoms with Crippen LogP contribution in [0.5, 0.6) is 0 Å². The highest BCUT2D eigenvalue weighted by Gasteiger charge is 2.43. The molecule has 98 valence electrons. The first-order valence-corrected chi connectivity index (χ1v) is 6.76. The summed E-state index contributed by atoms with van der Waals surface area (Å²) >= 11 is 1.44. The average molecular weight is 268 g/mol. The molecule has 0 saturated heterocycles. The Kier molecular flexibility index (Phi) is 3.38. The van der Waals surface area contributed by atoms with Crippen LogP contribution in [0, 0.1) is 13.8 Å². The summed E-state index contributed by atoms with van der Waals surface area (Å²) in [5.41, 5.74) is -0.744. The van der Waals surface area contributed by atoms with Crippen LogP contribution in [0.3, 0.4) is 0 Å². The van der Waals surface area contributed by atoms with Gasteiger partial charge < -0.3 is 10.4 Å². The molecule has 0 bridgehead atoms. The van der Waals surface area contributed by atoms with Crippen molar-refractivity contribution in [2.75, 3.05) is 0 Å². The van der Waals surface area contributed by atoms with E-state index in [4.69, 9.17) is 0 Å². The van der Waals surface area contributed by atoms with E-state index in [-0.39, 0.29) is 5.91 Å². The monoisotopic (exact) mass is 268 g/mol. The highest BCUT2D eigenvalue weighted by molar-refractivity contribution is 7.11. The van der Waals surface area contributed by atoms with Gasteiger partial charge in [0.15, 0.2) is 0 Å². The quantitative estimate of drug-likeness (QED) is 0.877. The first kappa shape index (κ1) is 13.0. The number of aliphatic carboxylic acids is 1. The van der Waals surface area contributed by atoms with Crippen molar-refractivity contribution in [3.8, 4) is 0 Å². The Morgan fingerprint density at radius 1 is 1.33 bits per heavy atom. The highest BCUT2D eigenvalue weighted by atomic mass is 32.1. The molecular weight excluding hydrogens is 252 g/mol.